The lowest BCUT2D eigenvalue weighted by Gasteiger charge is -2.01. The van der Waals surface area contributed by atoms with Crippen LogP contribution in [0.2, 0.25) is 0 Å². The van der Waals surface area contributed by atoms with Gasteiger partial charge in [-0.15, -0.1) is 0 Å². The van der Waals surface area contributed by atoms with Crippen molar-refractivity contribution in [1.29, 1.82) is 0 Å². The van der Waals surface area contributed by atoms with E-state index in [9.17, 15) is 4.79 Å². The maximum Gasteiger partial charge on any atom is 0.361 e. The lowest BCUT2D eigenvalue weighted by molar-refractivity contribution is 0.0519. The van der Waals surface area contributed by atoms with Gasteiger partial charge in [-0.25, -0.2) is 4.79 Å². The monoisotopic (exact) mass is 241 g/mol. The summed E-state index contributed by atoms with van der Waals surface area (Å²) in [6, 6.07) is 0. The molecule has 1 aromatic rings. The Hall–Kier alpha value is -1.56. The molecule has 1 heterocycles. The molecule has 96 valence electrons. The molecule has 0 aliphatic heterocycles. The number of carbonyl (C=O) groups is 1. The molecule has 0 fully saturated rings. The van der Waals surface area contributed by atoms with E-state index in [0.29, 0.717) is 18.8 Å². The molecule has 1 aromatic heterocycles. The summed E-state index contributed by atoms with van der Waals surface area (Å²) >= 11 is 0. The van der Waals surface area contributed by atoms with Crippen molar-refractivity contribution in [3.63, 3.8) is 0 Å². The van der Waals surface area contributed by atoms with Crippen LogP contribution in [-0.2, 0) is 16.0 Å². The van der Waals surface area contributed by atoms with Crippen LogP contribution in [0.25, 0.3) is 0 Å². The van der Waals surface area contributed by atoms with E-state index < -0.39 is 5.97 Å². The fraction of sp³-hybridized carbons (Fsp3) is 0.636. The quantitative estimate of drug-likeness (QED) is 0.570. The molecule has 0 saturated carbocycles. The van der Waals surface area contributed by atoms with Crippen LogP contribution in [-0.4, -0.2) is 36.1 Å². The number of carbonyl (C=O) groups excluding carboxylic acids is 1. The summed E-state index contributed by atoms with van der Waals surface area (Å²) in [5.74, 6) is -0.472. The number of nitrogens with zero attached hydrogens (tertiary/aromatic N) is 2. The normalized spacial score (nSPS) is 10.5. The van der Waals surface area contributed by atoms with Crippen LogP contribution >= 0.6 is 0 Å². The first-order valence-corrected chi connectivity index (χ1v) is 5.68. The minimum absolute atomic E-state index is 0.193. The minimum atomic E-state index is -0.472. The van der Waals surface area contributed by atoms with E-state index in [1.807, 2.05) is 0 Å². The molecule has 0 unspecified atom stereocenters. The van der Waals surface area contributed by atoms with Gasteiger partial charge < -0.3 is 15.2 Å². The Kier molecular flexibility index (Phi) is 5.48. The molecule has 0 radical (unpaired) electrons. The third-order valence-corrected chi connectivity index (χ3v) is 2.24. The molecule has 17 heavy (non-hydrogen) atoms. The molecule has 0 atom stereocenters. The molecule has 0 bridgehead atoms. The molecule has 6 heteroatoms. The maximum atomic E-state index is 11.5. The maximum absolute atomic E-state index is 11.5. The van der Waals surface area contributed by atoms with Gasteiger partial charge in [0.15, 0.2) is 5.69 Å². The number of rotatable bonds is 7. The smallest absolute Gasteiger partial charge is 0.361 e. The average molecular weight is 241 g/mol. The van der Waals surface area contributed by atoms with Gasteiger partial charge in [-0.05, 0) is 19.8 Å². The fourth-order valence-electron chi connectivity index (χ4n) is 1.43. The van der Waals surface area contributed by atoms with Crippen LogP contribution in [0.4, 0.5) is 5.69 Å². The van der Waals surface area contributed by atoms with Gasteiger partial charge in [0.25, 0.3) is 0 Å². The van der Waals surface area contributed by atoms with Crippen LogP contribution in [0, 0.1) is 0 Å². The molecule has 6 nitrogen and oxygen atoms in total. The Morgan fingerprint density at radius 2 is 2.29 bits per heavy atom. The van der Waals surface area contributed by atoms with E-state index in [1.54, 1.807) is 24.9 Å². The average Bonchev–Trinajstić information content (AvgIpc) is 2.66. The van der Waals surface area contributed by atoms with E-state index in [-0.39, 0.29) is 5.69 Å². The second kappa shape index (κ2) is 6.90. The van der Waals surface area contributed by atoms with Crippen molar-refractivity contribution < 1.29 is 14.3 Å². The number of hydrogen-bond acceptors (Lipinski definition) is 5. The predicted octanol–water partition coefficient (Wildman–Crippen LogP) is 1.07. The number of methoxy groups -OCH3 is 1. The molecule has 0 aromatic carbocycles. The standard InChI is InChI=1S/C11H19N3O3/c1-3-17-11(15)10-9(12)8-14(13-10)6-4-5-7-16-2/h8H,3-7,12H2,1-2H3. The summed E-state index contributed by atoms with van der Waals surface area (Å²) in [6.45, 7) is 3.50. The third kappa shape index (κ3) is 4.07. The number of nitrogen functional groups attached to an aromatic ring is 1. The van der Waals surface area contributed by atoms with E-state index in [0.717, 1.165) is 19.4 Å². The second-order valence-electron chi connectivity index (χ2n) is 3.62. The van der Waals surface area contributed by atoms with E-state index in [4.69, 9.17) is 15.2 Å². The molecule has 1 rings (SSSR count). The molecule has 0 saturated heterocycles. The van der Waals surface area contributed by atoms with Gasteiger partial charge in [0.2, 0.25) is 0 Å². The molecule has 0 aliphatic carbocycles. The Morgan fingerprint density at radius 1 is 1.53 bits per heavy atom. The van der Waals surface area contributed by atoms with Gasteiger partial charge in [-0.2, -0.15) is 5.10 Å². The van der Waals surface area contributed by atoms with Crippen molar-refractivity contribution >= 4 is 11.7 Å². The highest BCUT2D eigenvalue weighted by atomic mass is 16.5. The lowest BCUT2D eigenvalue weighted by atomic mass is 10.3. The fourth-order valence-corrected chi connectivity index (χ4v) is 1.43. The first-order chi connectivity index (χ1) is 8.19. The van der Waals surface area contributed by atoms with Gasteiger partial charge in [0.05, 0.1) is 12.3 Å². The molecule has 2 N–H and O–H groups in total. The Balaban J connectivity index is 2.52. The SMILES string of the molecule is CCOC(=O)c1nn(CCCCOC)cc1N. The van der Waals surface area contributed by atoms with Gasteiger partial charge in [0.1, 0.15) is 0 Å². The number of nitrogens with two attached hydrogens (primary N) is 1. The van der Waals surface area contributed by atoms with E-state index >= 15 is 0 Å². The van der Waals surface area contributed by atoms with Crippen molar-refractivity contribution in [2.45, 2.75) is 26.3 Å². The zero-order chi connectivity index (χ0) is 12.7. The lowest BCUT2D eigenvalue weighted by Crippen LogP contribution is -2.09. The van der Waals surface area contributed by atoms with E-state index in [1.165, 1.54) is 0 Å². The summed E-state index contributed by atoms with van der Waals surface area (Å²) in [5, 5.41) is 4.10. The number of aryl methyl sites for hydroxylation is 1. The topological polar surface area (TPSA) is 79.4 Å². The summed E-state index contributed by atoms with van der Waals surface area (Å²) in [6.07, 6.45) is 3.53. The number of aromatic nitrogens is 2. The molecule has 0 amide bonds. The van der Waals surface area contributed by atoms with Crippen molar-refractivity contribution in [2.75, 3.05) is 26.1 Å². The van der Waals surface area contributed by atoms with Crippen LogP contribution < -0.4 is 5.73 Å². The number of ether oxygens (including phenoxy) is 2. The molecular formula is C11H19N3O3. The van der Waals surface area contributed by atoms with Gasteiger partial charge >= 0.3 is 5.97 Å². The highest BCUT2D eigenvalue weighted by Crippen LogP contribution is 2.11. The zero-order valence-electron chi connectivity index (χ0n) is 10.3. The van der Waals surface area contributed by atoms with Crippen molar-refractivity contribution in [3.05, 3.63) is 11.9 Å². The first-order valence-electron chi connectivity index (χ1n) is 5.68. The Labute approximate surface area is 101 Å². The van der Waals surface area contributed by atoms with Gasteiger partial charge in [-0.1, -0.05) is 0 Å². The third-order valence-electron chi connectivity index (χ3n) is 2.24. The summed E-state index contributed by atoms with van der Waals surface area (Å²) in [7, 11) is 1.67. The van der Waals surface area contributed by atoms with E-state index in [2.05, 4.69) is 5.10 Å². The predicted molar refractivity (Wildman–Crippen MR) is 63.7 cm³/mol. The van der Waals surface area contributed by atoms with Crippen molar-refractivity contribution in [1.82, 2.24) is 9.78 Å². The van der Waals surface area contributed by atoms with Crippen LogP contribution in [0.15, 0.2) is 6.20 Å². The largest absolute Gasteiger partial charge is 0.461 e. The number of unbranched alkanes of at least 4 members (excludes halogenated alkanes) is 1. The number of anilines is 1. The highest BCUT2D eigenvalue weighted by Gasteiger charge is 2.15. The number of hydrogen-bond donors (Lipinski definition) is 1. The molecule has 0 aliphatic rings. The Morgan fingerprint density at radius 3 is 2.94 bits per heavy atom. The summed E-state index contributed by atoms with van der Waals surface area (Å²) < 4.78 is 11.5. The van der Waals surface area contributed by atoms with Crippen molar-refractivity contribution in [3.8, 4) is 0 Å². The van der Waals surface area contributed by atoms with Crippen LogP contribution in [0.5, 0.6) is 0 Å². The van der Waals surface area contributed by atoms with Crippen LogP contribution in [0.3, 0.4) is 0 Å². The Bertz CT molecular complexity index is 363. The van der Waals surface area contributed by atoms with Gasteiger partial charge in [-0.3, -0.25) is 4.68 Å². The minimum Gasteiger partial charge on any atom is -0.461 e. The van der Waals surface area contributed by atoms with Gasteiger partial charge in [0, 0.05) is 26.5 Å². The molecule has 0 spiro atoms. The molecular weight excluding hydrogens is 222 g/mol. The summed E-state index contributed by atoms with van der Waals surface area (Å²) in [4.78, 5) is 11.5. The zero-order valence-corrected chi connectivity index (χ0v) is 10.3. The highest BCUT2D eigenvalue weighted by molar-refractivity contribution is 5.92. The summed E-state index contributed by atoms with van der Waals surface area (Å²) in [5.41, 5.74) is 6.24. The second-order valence-corrected chi connectivity index (χ2v) is 3.62. The van der Waals surface area contributed by atoms with Crippen LogP contribution in [0.1, 0.15) is 30.3 Å². The first kappa shape index (κ1) is 13.5. The van der Waals surface area contributed by atoms with Crippen molar-refractivity contribution in [2.24, 2.45) is 0 Å². The number of esters is 1.